The molecular weight excluding hydrogens is 410 g/mol. The summed E-state index contributed by atoms with van der Waals surface area (Å²) in [4.78, 5) is 53.6. The number of carbonyl (C=O) groups is 2. The lowest BCUT2D eigenvalue weighted by molar-refractivity contribution is 0.0524. The van der Waals surface area contributed by atoms with Gasteiger partial charge in [-0.05, 0) is 44.2 Å². The van der Waals surface area contributed by atoms with Gasteiger partial charge in [-0.1, -0.05) is 12.1 Å². The van der Waals surface area contributed by atoms with E-state index in [-0.39, 0.29) is 23.1 Å². The summed E-state index contributed by atoms with van der Waals surface area (Å²) in [5.74, 6) is -1.30. The molecule has 4 rings (SSSR count). The highest BCUT2D eigenvalue weighted by atomic mass is 16.5. The molecule has 0 aliphatic rings. The van der Waals surface area contributed by atoms with Crippen molar-refractivity contribution in [3.8, 4) is 0 Å². The Morgan fingerprint density at radius 1 is 1.00 bits per heavy atom. The van der Waals surface area contributed by atoms with Gasteiger partial charge < -0.3 is 19.6 Å². The zero-order valence-electron chi connectivity index (χ0n) is 17.6. The molecule has 4 aromatic rings. The van der Waals surface area contributed by atoms with Gasteiger partial charge in [0.2, 0.25) is 10.9 Å². The van der Waals surface area contributed by atoms with E-state index in [2.05, 4.69) is 10.3 Å². The normalized spacial score (nSPS) is 10.9. The molecule has 8 nitrogen and oxygen atoms in total. The van der Waals surface area contributed by atoms with Crippen LogP contribution in [0.25, 0.3) is 21.8 Å². The summed E-state index contributed by atoms with van der Waals surface area (Å²) < 4.78 is 6.76. The van der Waals surface area contributed by atoms with E-state index < -0.39 is 22.7 Å². The molecule has 0 saturated carbocycles. The molecular formula is C24H21N3O5. The summed E-state index contributed by atoms with van der Waals surface area (Å²) in [5.41, 5.74) is 0.582. The van der Waals surface area contributed by atoms with Crippen LogP contribution in [0.2, 0.25) is 0 Å². The Bertz CT molecular complexity index is 1480. The van der Waals surface area contributed by atoms with Crippen LogP contribution < -0.4 is 16.2 Å². The van der Waals surface area contributed by atoms with Gasteiger partial charge in [0.05, 0.1) is 12.1 Å². The van der Waals surface area contributed by atoms with E-state index in [0.717, 1.165) is 0 Å². The van der Waals surface area contributed by atoms with Crippen molar-refractivity contribution in [2.75, 3.05) is 11.9 Å². The number of fused-ring (bicyclic) bond motifs is 2. The molecule has 2 aromatic heterocycles. The van der Waals surface area contributed by atoms with E-state index in [1.54, 1.807) is 47.9 Å². The van der Waals surface area contributed by atoms with Gasteiger partial charge in [0, 0.05) is 40.9 Å². The van der Waals surface area contributed by atoms with Gasteiger partial charge in [0.1, 0.15) is 11.1 Å². The van der Waals surface area contributed by atoms with E-state index in [4.69, 9.17) is 4.74 Å². The molecule has 0 spiro atoms. The van der Waals surface area contributed by atoms with Crippen LogP contribution in [-0.2, 0) is 11.3 Å². The number of H-pyrrole nitrogens is 1. The van der Waals surface area contributed by atoms with Crippen molar-refractivity contribution < 1.29 is 14.3 Å². The zero-order chi connectivity index (χ0) is 22.8. The number of anilines is 1. The van der Waals surface area contributed by atoms with Crippen molar-refractivity contribution in [2.24, 2.45) is 0 Å². The number of aromatic nitrogens is 2. The zero-order valence-corrected chi connectivity index (χ0v) is 17.6. The molecule has 0 aliphatic carbocycles. The second-order valence-electron chi connectivity index (χ2n) is 7.14. The molecule has 0 radical (unpaired) electrons. The molecule has 0 aliphatic heterocycles. The number of esters is 1. The Kier molecular flexibility index (Phi) is 5.59. The Morgan fingerprint density at radius 3 is 2.50 bits per heavy atom. The largest absolute Gasteiger partial charge is 0.462 e. The van der Waals surface area contributed by atoms with Crippen LogP contribution in [0.15, 0.2) is 64.4 Å². The highest BCUT2D eigenvalue weighted by Crippen LogP contribution is 2.19. The molecule has 0 fully saturated rings. The van der Waals surface area contributed by atoms with Crippen molar-refractivity contribution in [2.45, 2.75) is 20.4 Å². The predicted molar refractivity (Wildman–Crippen MR) is 122 cm³/mol. The summed E-state index contributed by atoms with van der Waals surface area (Å²) in [7, 11) is 0. The average Bonchev–Trinajstić information content (AvgIpc) is 2.80. The van der Waals surface area contributed by atoms with Crippen molar-refractivity contribution in [3.05, 3.63) is 86.4 Å². The van der Waals surface area contributed by atoms with Crippen molar-refractivity contribution in [3.63, 3.8) is 0 Å². The van der Waals surface area contributed by atoms with Crippen molar-refractivity contribution >= 4 is 39.4 Å². The monoisotopic (exact) mass is 431 g/mol. The lowest BCUT2D eigenvalue weighted by Crippen LogP contribution is -2.23. The summed E-state index contributed by atoms with van der Waals surface area (Å²) in [6.45, 7) is 4.24. The third-order valence-corrected chi connectivity index (χ3v) is 5.21. The van der Waals surface area contributed by atoms with Crippen molar-refractivity contribution in [1.82, 2.24) is 9.55 Å². The quantitative estimate of drug-likeness (QED) is 0.471. The minimum Gasteiger partial charge on any atom is -0.462 e. The predicted octanol–water partition coefficient (Wildman–Crippen LogP) is 3.29. The van der Waals surface area contributed by atoms with Crippen LogP contribution in [0.4, 0.5) is 5.69 Å². The number of amides is 1. The van der Waals surface area contributed by atoms with Crippen LogP contribution in [0.1, 0.15) is 34.6 Å². The Balaban J connectivity index is 1.75. The number of para-hydroxylation sites is 1. The number of carbonyl (C=O) groups excluding carboxylic acids is 2. The molecule has 2 heterocycles. The fourth-order valence-corrected chi connectivity index (χ4v) is 3.63. The Labute approximate surface area is 182 Å². The van der Waals surface area contributed by atoms with E-state index in [9.17, 15) is 19.2 Å². The molecule has 2 N–H and O–H groups in total. The van der Waals surface area contributed by atoms with Gasteiger partial charge in [0.15, 0.2) is 0 Å². The minimum absolute atomic E-state index is 0.0463. The number of ether oxygens (including phenoxy) is 1. The van der Waals surface area contributed by atoms with Gasteiger partial charge in [-0.25, -0.2) is 4.79 Å². The maximum absolute atomic E-state index is 12.9. The number of benzene rings is 2. The van der Waals surface area contributed by atoms with Crippen LogP contribution >= 0.6 is 0 Å². The average molecular weight is 431 g/mol. The summed E-state index contributed by atoms with van der Waals surface area (Å²) in [6, 6.07) is 11.7. The molecule has 0 atom stereocenters. The maximum atomic E-state index is 12.9. The van der Waals surface area contributed by atoms with E-state index in [1.165, 1.54) is 18.5 Å². The van der Waals surface area contributed by atoms with E-state index in [1.807, 2.05) is 6.92 Å². The molecule has 1 amide bonds. The molecule has 32 heavy (non-hydrogen) atoms. The first-order valence-electron chi connectivity index (χ1n) is 10.2. The maximum Gasteiger partial charge on any atom is 0.343 e. The number of pyridine rings is 2. The van der Waals surface area contributed by atoms with Gasteiger partial charge in [-0.2, -0.15) is 0 Å². The third kappa shape index (κ3) is 3.66. The lowest BCUT2D eigenvalue weighted by atomic mass is 10.1. The van der Waals surface area contributed by atoms with Crippen LogP contribution in [-0.4, -0.2) is 28.0 Å². The molecule has 0 unspecified atom stereocenters. The molecule has 0 bridgehead atoms. The third-order valence-electron chi connectivity index (χ3n) is 5.21. The SMILES string of the molecule is CCOC(=O)c1cn(CC)c2ccc(NC(=O)c3c[nH]c4ccccc4c3=O)cc2c1=O. The fourth-order valence-electron chi connectivity index (χ4n) is 3.63. The lowest BCUT2D eigenvalue weighted by Gasteiger charge is -2.13. The Morgan fingerprint density at radius 2 is 1.75 bits per heavy atom. The summed E-state index contributed by atoms with van der Waals surface area (Å²) >= 11 is 0. The second kappa shape index (κ2) is 8.50. The molecule has 2 aromatic carbocycles. The highest BCUT2D eigenvalue weighted by Gasteiger charge is 2.18. The van der Waals surface area contributed by atoms with Crippen molar-refractivity contribution in [1.29, 1.82) is 0 Å². The molecule has 8 heteroatoms. The second-order valence-corrected chi connectivity index (χ2v) is 7.14. The standard InChI is InChI=1S/C24H21N3O5/c1-3-27-13-18(24(31)32-4-2)22(29)16-11-14(9-10-20(16)27)26-23(30)17-12-25-19-8-6-5-7-15(19)21(17)28/h5-13H,3-4H2,1-2H3,(H,25,28)(H,26,30). The number of aryl methyl sites for hydroxylation is 1. The number of rotatable bonds is 5. The summed E-state index contributed by atoms with van der Waals surface area (Å²) in [5, 5.41) is 3.34. The van der Waals surface area contributed by atoms with Gasteiger partial charge in [0.25, 0.3) is 5.91 Å². The molecule has 162 valence electrons. The number of hydrogen-bond acceptors (Lipinski definition) is 5. The van der Waals surface area contributed by atoms with E-state index >= 15 is 0 Å². The first-order chi connectivity index (χ1) is 15.4. The number of nitrogens with zero attached hydrogens (tertiary/aromatic N) is 1. The first kappa shape index (κ1) is 21.0. The van der Waals surface area contributed by atoms with E-state index in [0.29, 0.717) is 28.7 Å². The number of hydrogen-bond donors (Lipinski definition) is 2. The topological polar surface area (TPSA) is 110 Å². The number of nitrogens with one attached hydrogen (secondary N) is 2. The van der Waals surface area contributed by atoms with Gasteiger partial charge >= 0.3 is 5.97 Å². The minimum atomic E-state index is -0.696. The number of aromatic amines is 1. The fraction of sp³-hybridized carbons (Fsp3) is 0.167. The Hall–Kier alpha value is -4.20. The van der Waals surface area contributed by atoms with Crippen LogP contribution in [0.3, 0.4) is 0 Å². The highest BCUT2D eigenvalue weighted by molar-refractivity contribution is 6.06. The first-order valence-corrected chi connectivity index (χ1v) is 10.2. The van der Waals surface area contributed by atoms with Crippen LogP contribution in [0.5, 0.6) is 0 Å². The van der Waals surface area contributed by atoms with Crippen LogP contribution in [0, 0.1) is 0 Å². The van der Waals surface area contributed by atoms with Gasteiger partial charge in [-0.15, -0.1) is 0 Å². The summed E-state index contributed by atoms with van der Waals surface area (Å²) in [6.07, 6.45) is 2.85. The smallest absolute Gasteiger partial charge is 0.343 e. The van der Waals surface area contributed by atoms with Gasteiger partial charge in [-0.3, -0.25) is 14.4 Å². The molecule has 0 saturated heterocycles.